The van der Waals surface area contributed by atoms with Crippen molar-refractivity contribution in [3.63, 3.8) is 0 Å². The summed E-state index contributed by atoms with van der Waals surface area (Å²) in [6.45, 7) is 3.56. The molecule has 2 aliphatic heterocycles. The summed E-state index contributed by atoms with van der Waals surface area (Å²) in [5.41, 5.74) is 0. The Bertz CT molecular complexity index is 227. The molecule has 1 N–H and O–H groups in total. The molecule has 2 heterocycles. The van der Waals surface area contributed by atoms with E-state index in [1.165, 1.54) is 0 Å². The molecular formula is C11H20N2O2. The molecule has 0 saturated carbocycles. The summed E-state index contributed by atoms with van der Waals surface area (Å²) >= 11 is 0. The second kappa shape index (κ2) is 4.94. The summed E-state index contributed by atoms with van der Waals surface area (Å²) in [5, 5.41) is 3.26. The monoisotopic (exact) mass is 212 g/mol. The smallest absolute Gasteiger partial charge is 0.239 e. The predicted octanol–water partition coefficient (Wildman–Crippen LogP) is 0.233. The van der Waals surface area contributed by atoms with Gasteiger partial charge in [0.2, 0.25) is 5.91 Å². The van der Waals surface area contributed by atoms with E-state index in [9.17, 15) is 4.79 Å². The van der Waals surface area contributed by atoms with Crippen LogP contribution in [0.25, 0.3) is 0 Å². The van der Waals surface area contributed by atoms with Crippen LogP contribution in [0.5, 0.6) is 0 Å². The van der Waals surface area contributed by atoms with Gasteiger partial charge >= 0.3 is 0 Å². The van der Waals surface area contributed by atoms with Crippen LogP contribution in [-0.4, -0.2) is 50.2 Å². The van der Waals surface area contributed by atoms with Crippen LogP contribution >= 0.6 is 0 Å². The largest absolute Gasteiger partial charge is 0.384 e. The van der Waals surface area contributed by atoms with E-state index < -0.39 is 0 Å². The fourth-order valence-corrected chi connectivity index (χ4v) is 2.52. The fourth-order valence-electron chi connectivity index (χ4n) is 2.52. The number of nitrogens with one attached hydrogen (secondary N) is 1. The highest BCUT2D eigenvalue weighted by molar-refractivity contribution is 5.82. The Kier molecular flexibility index (Phi) is 3.59. The van der Waals surface area contributed by atoms with Gasteiger partial charge in [-0.25, -0.2) is 0 Å². The van der Waals surface area contributed by atoms with Crippen molar-refractivity contribution in [1.29, 1.82) is 0 Å². The number of carbonyl (C=O) groups excluding carboxylic acids is 1. The van der Waals surface area contributed by atoms with Crippen LogP contribution in [0.4, 0.5) is 0 Å². The first-order valence-corrected chi connectivity index (χ1v) is 5.82. The second-order valence-corrected chi connectivity index (χ2v) is 4.54. The zero-order valence-corrected chi connectivity index (χ0v) is 9.37. The third-order valence-electron chi connectivity index (χ3n) is 3.36. The quantitative estimate of drug-likeness (QED) is 0.728. The van der Waals surface area contributed by atoms with Gasteiger partial charge in [-0.05, 0) is 25.8 Å². The molecule has 0 bridgehead atoms. The maximum Gasteiger partial charge on any atom is 0.239 e. The van der Waals surface area contributed by atoms with E-state index in [0.717, 1.165) is 45.5 Å². The highest BCUT2D eigenvalue weighted by Crippen LogP contribution is 2.19. The summed E-state index contributed by atoms with van der Waals surface area (Å²) in [6, 6.07) is 0.0892. The molecule has 2 aliphatic rings. The standard InChI is InChI=1S/C11H20N2O2/c1-15-8-9-4-6-13(7-9)11(14)10-3-2-5-12-10/h9-10,12H,2-8H2,1H3/t9-,10-/m1/s1. The van der Waals surface area contributed by atoms with E-state index in [1.54, 1.807) is 7.11 Å². The van der Waals surface area contributed by atoms with Gasteiger partial charge in [-0.1, -0.05) is 0 Å². The van der Waals surface area contributed by atoms with Crippen molar-refractivity contribution < 1.29 is 9.53 Å². The number of nitrogens with zero attached hydrogens (tertiary/aromatic N) is 1. The summed E-state index contributed by atoms with van der Waals surface area (Å²) in [5.74, 6) is 0.839. The van der Waals surface area contributed by atoms with Crippen molar-refractivity contribution in [2.75, 3.05) is 33.4 Å². The van der Waals surface area contributed by atoms with Crippen LogP contribution < -0.4 is 5.32 Å². The van der Waals surface area contributed by atoms with Crippen LogP contribution in [0.3, 0.4) is 0 Å². The Morgan fingerprint density at radius 3 is 3.07 bits per heavy atom. The number of likely N-dealkylation sites (tertiary alicyclic amines) is 1. The van der Waals surface area contributed by atoms with E-state index in [4.69, 9.17) is 4.74 Å². The molecule has 0 aliphatic carbocycles. The first-order chi connectivity index (χ1) is 7.31. The molecule has 4 heteroatoms. The van der Waals surface area contributed by atoms with Crippen molar-refractivity contribution >= 4 is 5.91 Å². The van der Waals surface area contributed by atoms with Crippen molar-refractivity contribution in [3.05, 3.63) is 0 Å². The van der Waals surface area contributed by atoms with Gasteiger partial charge in [0.1, 0.15) is 0 Å². The zero-order chi connectivity index (χ0) is 10.7. The second-order valence-electron chi connectivity index (χ2n) is 4.54. The lowest BCUT2D eigenvalue weighted by molar-refractivity contribution is -0.132. The molecule has 4 nitrogen and oxygen atoms in total. The molecule has 0 spiro atoms. The van der Waals surface area contributed by atoms with Gasteiger partial charge in [0.25, 0.3) is 0 Å². The number of hydrogen-bond donors (Lipinski definition) is 1. The summed E-state index contributed by atoms with van der Waals surface area (Å²) in [6.07, 6.45) is 3.22. The molecule has 0 aromatic heterocycles. The number of methoxy groups -OCH3 is 1. The van der Waals surface area contributed by atoms with Gasteiger partial charge in [0.05, 0.1) is 12.6 Å². The lowest BCUT2D eigenvalue weighted by Gasteiger charge is -2.20. The molecule has 0 radical (unpaired) electrons. The van der Waals surface area contributed by atoms with Crippen molar-refractivity contribution in [2.45, 2.75) is 25.3 Å². The molecule has 2 atom stereocenters. The maximum atomic E-state index is 12.0. The Hall–Kier alpha value is -0.610. The molecular weight excluding hydrogens is 192 g/mol. The lowest BCUT2D eigenvalue weighted by Crippen LogP contribution is -2.42. The Morgan fingerprint density at radius 1 is 1.53 bits per heavy atom. The average Bonchev–Trinajstić information content (AvgIpc) is 2.87. The molecule has 1 amide bonds. The minimum Gasteiger partial charge on any atom is -0.384 e. The number of carbonyl (C=O) groups is 1. The number of rotatable bonds is 3. The van der Waals surface area contributed by atoms with Gasteiger partial charge in [-0.2, -0.15) is 0 Å². The maximum absolute atomic E-state index is 12.0. The van der Waals surface area contributed by atoms with Crippen LogP contribution in [0.15, 0.2) is 0 Å². The third-order valence-corrected chi connectivity index (χ3v) is 3.36. The summed E-state index contributed by atoms with van der Waals surface area (Å²) in [7, 11) is 1.73. The third kappa shape index (κ3) is 2.49. The minimum absolute atomic E-state index is 0.0892. The molecule has 2 saturated heterocycles. The predicted molar refractivity (Wildman–Crippen MR) is 57.6 cm³/mol. The van der Waals surface area contributed by atoms with Gasteiger partial charge in [-0.3, -0.25) is 4.79 Å². The normalized spacial score (nSPS) is 31.1. The first-order valence-electron chi connectivity index (χ1n) is 5.82. The highest BCUT2D eigenvalue weighted by Gasteiger charge is 2.31. The van der Waals surface area contributed by atoms with E-state index >= 15 is 0 Å². The number of ether oxygens (including phenoxy) is 1. The van der Waals surface area contributed by atoms with Gasteiger partial charge < -0.3 is 15.0 Å². The van der Waals surface area contributed by atoms with Gasteiger partial charge in [0.15, 0.2) is 0 Å². The Morgan fingerprint density at radius 2 is 2.40 bits per heavy atom. The molecule has 0 unspecified atom stereocenters. The van der Waals surface area contributed by atoms with Crippen molar-refractivity contribution in [1.82, 2.24) is 10.2 Å². The zero-order valence-electron chi connectivity index (χ0n) is 9.37. The Labute approximate surface area is 91.0 Å². The van der Waals surface area contributed by atoms with E-state index in [0.29, 0.717) is 11.8 Å². The molecule has 2 rings (SSSR count). The highest BCUT2D eigenvalue weighted by atomic mass is 16.5. The average molecular weight is 212 g/mol. The van der Waals surface area contributed by atoms with Gasteiger partial charge in [0, 0.05) is 26.1 Å². The summed E-state index contributed by atoms with van der Waals surface area (Å²) in [4.78, 5) is 14.0. The molecule has 0 aromatic carbocycles. The van der Waals surface area contributed by atoms with Crippen molar-refractivity contribution in [3.8, 4) is 0 Å². The van der Waals surface area contributed by atoms with Crippen LogP contribution in [0.2, 0.25) is 0 Å². The molecule has 2 fully saturated rings. The topological polar surface area (TPSA) is 41.6 Å². The molecule has 86 valence electrons. The van der Waals surface area contributed by atoms with Crippen LogP contribution in [0, 0.1) is 5.92 Å². The van der Waals surface area contributed by atoms with E-state index in [-0.39, 0.29) is 6.04 Å². The van der Waals surface area contributed by atoms with Gasteiger partial charge in [-0.15, -0.1) is 0 Å². The van der Waals surface area contributed by atoms with E-state index in [2.05, 4.69) is 5.32 Å². The van der Waals surface area contributed by atoms with E-state index in [1.807, 2.05) is 4.90 Å². The Balaban J connectivity index is 1.81. The SMILES string of the molecule is COC[C@@H]1CCN(C(=O)[C@H]2CCCN2)C1. The van der Waals surface area contributed by atoms with Crippen LogP contribution in [0.1, 0.15) is 19.3 Å². The lowest BCUT2D eigenvalue weighted by atomic mass is 10.1. The number of hydrogen-bond acceptors (Lipinski definition) is 3. The summed E-state index contributed by atoms with van der Waals surface area (Å²) < 4.78 is 5.13. The fraction of sp³-hybridized carbons (Fsp3) is 0.909. The number of amides is 1. The molecule has 0 aromatic rings. The molecule has 15 heavy (non-hydrogen) atoms. The van der Waals surface area contributed by atoms with Crippen LogP contribution in [-0.2, 0) is 9.53 Å². The van der Waals surface area contributed by atoms with Crippen molar-refractivity contribution in [2.24, 2.45) is 5.92 Å². The first kappa shape index (κ1) is 10.9. The minimum atomic E-state index is 0.0892.